The van der Waals surface area contributed by atoms with Gasteiger partial charge < -0.3 is 5.32 Å². The fourth-order valence-electron chi connectivity index (χ4n) is 2.66. The van der Waals surface area contributed by atoms with E-state index in [1.54, 1.807) is 18.2 Å². The summed E-state index contributed by atoms with van der Waals surface area (Å²) in [5, 5.41) is 2.59. The molecule has 0 bridgehead atoms. The van der Waals surface area contributed by atoms with Crippen LogP contribution in [0.3, 0.4) is 0 Å². The number of amides is 1. The molecule has 0 heterocycles. The lowest BCUT2D eigenvalue weighted by molar-refractivity contribution is -0.185. The summed E-state index contributed by atoms with van der Waals surface area (Å²) in [5.41, 5.74) is 0.836. The average Bonchev–Trinajstić information content (AvgIpc) is 2.46. The minimum Gasteiger partial charge on any atom is -0.326 e. The topological polar surface area (TPSA) is 46.2 Å². The number of alkyl halides is 3. The monoisotopic (exact) mass is 299 g/mol. The Labute approximate surface area is 120 Å². The third-order valence-corrected chi connectivity index (χ3v) is 3.80. The van der Waals surface area contributed by atoms with Gasteiger partial charge in [0.25, 0.3) is 0 Å². The maximum absolute atomic E-state index is 12.7. The van der Waals surface area contributed by atoms with Gasteiger partial charge in [0, 0.05) is 17.2 Å². The van der Waals surface area contributed by atoms with Crippen molar-refractivity contribution in [3.05, 3.63) is 29.8 Å². The Balaban J connectivity index is 2.01. The third kappa shape index (κ3) is 4.06. The molecule has 0 saturated heterocycles. The van der Waals surface area contributed by atoms with Crippen LogP contribution in [0.4, 0.5) is 18.9 Å². The summed E-state index contributed by atoms with van der Waals surface area (Å²) in [6.07, 6.45) is -2.80. The zero-order chi connectivity index (χ0) is 15.5. The molecule has 0 radical (unpaired) electrons. The Hall–Kier alpha value is -1.85. The van der Waals surface area contributed by atoms with Crippen molar-refractivity contribution in [3.8, 4) is 0 Å². The van der Waals surface area contributed by atoms with Gasteiger partial charge in [-0.05, 0) is 31.4 Å². The molecule has 6 heteroatoms. The van der Waals surface area contributed by atoms with Crippen LogP contribution in [-0.4, -0.2) is 18.4 Å². The molecule has 1 aromatic carbocycles. The predicted molar refractivity (Wildman–Crippen MR) is 72.0 cm³/mol. The third-order valence-electron chi connectivity index (χ3n) is 3.80. The Morgan fingerprint density at radius 3 is 2.71 bits per heavy atom. The average molecular weight is 299 g/mol. The van der Waals surface area contributed by atoms with E-state index in [2.05, 4.69) is 5.32 Å². The Morgan fingerprint density at radius 2 is 2.05 bits per heavy atom. The van der Waals surface area contributed by atoms with Crippen LogP contribution in [0.15, 0.2) is 24.3 Å². The maximum Gasteiger partial charge on any atom is 0.391 e. The first kappa shape index (κ1) is 15.5. The lowest BCUT2D eigenvalue weighted by Crippen LogP contribution is -2.34. The lowest BCUT2D eigenvalue weighted by Gasteiger charge is -2.29. The number of aldehydes is 1. The quantitative estimate of drug-likeness (QED) is 0.863. The summed E-state index contributed by atoms with van der Waals surface area (Å²) in [6.45, 7) is 0. The van der Waals surface area contributed by atoms with Crippen LogP contribution < -0.4 is 5.32 Å². The molecule has 1 aliphatic carbocycles. The largest absolute Gasteiger partial charge is 0.391 e. The number of carbonyl (C=O) groups excluding carboxylic acids is 2. The number of rotatable bonds is 3. The molecule has 1 N–H and O–H groups in total. The maximum atomic E-state index is 12.7. The van der Waals surface area contributed by atoms with Gasteiger partial charge in [0.05, 0.1) is 5.92 Å². The van der Waals surface area contributed by atoms with Crippen LogP contribution in [-0.2, 0) is 4.79 Å². The molecule has 1 fully saturated rings. The van der Waals surface area contributed by atoms with E-state index < -0.39 is 23.9 Å². The van der Waals surface area contributed by atoms with Gasteiger partial charge >= 0.3 is 6.18 Å². The highest BCUT2D eigenvalue weighted by atomic mass is 19.4. The molecule has 1 aliphatic rings. The molecule has 1 aromatic rings. The van der Waals surface area contributed by atoms with E-state index in [1.165, 1.54) is 6.07 Å². The summed E-state index contributed by atoms with van der Waals surface area (Å²) in [5.74, 6) is -2.44. The second-order valence-electron chi connectivity index (χ2n) is 5.33. The van der Waals surface area contributed by atoms with E-state index in [4.69, 9.17) is 0 Å². The van der Waals surface area contributed by atoms with Crippen molar-refractivity contribution in [2.75, 3.05) is 5.32 Å². The molecule has 2 rings (SSSR count). The molecular formula is C15H16F3NO2. The second kappa shape index (κ2) is 6.28. The van der Waals surface area contributed by atoms with Crippen LogP contribution in [0.2, 0.25) is 0 Å². The predicted octanol–water partition coefficient (Wildman–Crippen LogP) is 3.81. The molecular weight excluding hydrogens is 283 g/mol. The fraction of sp³-hybridized carbons (Fsp3) is 0.467. The van der Waals surface area contributed by atoms with Crippen molar-refractivity contribution in [3.63, 3.8) is 0 Å². The zero-order valence-corrected chi connectivity index (χ0v) is 11.3. The van der Waals surface area contributed by atoms with Gasteiger partial charge in [0.1, 0.15) is 6.29 Å². The zero-order valence-electron chi connectivity index (χ0n) is 11.3. The van der Waals surface area contributed by atoms with Gasteiger partial charge in [-0.15, -0.1) is 0 Å². The number of benzene rings is 1. The summed E-state index contributed by atoms with van der Waals surface area (Å²) < 4.78 is 38.2. The molecule has 114 valence electrons. The van der Waals surface area contributed by atoms with Gasteiger partial charge in [-0.3, -0.25) is 9.59 Å². The number of halogens is 3. The van der Waals surface area contributed by atoms with Crippen molar-refractivity contribution >= 4 is 17.9 Å². The van der Waals surface area contributed by atoms with Crippen molar-refractivity contribution in [1.29, 1.82) is 0 Å². The standard InChI is InChI=1S/C15H16F3NO2/c16-15(17,18)12-5-2-4-11(8-12)14(21)19-13-6-1-3-10(7-13)9-20/h1,3,6-7,9,11-12H,2,4-5,8H2,(H,19,21). The van der Waals surface area contributed by atoms with Crippen molar-refractivity contribution < 1.29 is 22.8 Å². The minimum atomic E-state index is -4.24. The molecule has 2 atom stereocenters. The molecule has 3 nitrogen and oxygen atoms in total. The summed E-state index contributed by atoms with van der Waals surface area (Å²) in [6, 6.07) is 6.30. The van der Waals surface area contributed by atoms with E-state index in [1.807, 2.05) is 0 Å². The first-order chi connectivity index (χ1) is 9.90. The SMILES string of the molecule is O=Cc1cccc(NC(=O)C2CCCC(C(F)(F)F)C2)c1. The Morgan fingerprint density at radius 1 is 1.29 bits per heavy atom. The highest BCUT2D eigenvalue weighted by Crippen LogP contribution is 2.40. The molecule has 0 aromatic heterocycles. The number of hydrogen-bond acceptors (Lipinski definition) is 2. The van der Waals surface area contributed by atoms with Crippen LogP contribution in [0.25, 0.3) is 0 Å². The van der Waals surface area contributed by atoms with Crippen molar-refractivity contribution in [1.82, 2.24) is 0 Å². The van der Waals surface area contributed by atoms with Crippen LogP contribution >= 0.6 is 0 Å². The molecule has 0 aliphatic heterocycles. The molecule has 2 unspecified atom stereocenters. The molecule has 1 amide bonds. The van der Waals surface area contributed by atoms with Crippen LogP contribution in [0.1, 0.15) is 36.0 Å². The van der Waals surface area contributed by atoms with Gasteiger partial charge in [0.2, 0.25) is 5.91 Å². The molecule has 1 saturated carbocycles. The lowest BCUT2D eigenvalue weighted by atomic mass is 9.80. The summed E-state index contributed by atoms with van der Waals surface area (Å²) in [4.78, 5) is 22.7. The number of nitrogens with one attached hydrogen (secondary N) is 1. The van der Waals surface area contributed by atoms with E-state index in [0.29, 0.717) is 30.4 Å². The van der Waals surface area contributed by atoms with Crippen molar-refractivity contribution in [2.45, 2.75) is 31.9 Å². The first-order valence-electron chi connectivity index (χ1n) is 6.83. The van der Waals surface area contributed by atoms with Gasteiger partial charge in [-0.25, -0.2) is 0 Å². The summed E-state index contributed by atoms with van der Waals surface area (Å²) in [7, 11) is 0. The normalized spacial score (nSPS) is 22.6. The number of carbonyl (C=O) groups is 2. The van der Waals surface area contributed by atoms with Crippen molar-refractivity contribution in [2.24, 2.45) is 11.8 Å². The fourth-order valence-corrected chi connectivity index (χ4v) is 2.66. The minimum absolute atomic E-state index is 0.0912. The first-order valence-corrected chi connectivity index (χ1v) is 6.83. The molecule has 0 spiro atoms. The van der Waals surface area contributed by atoms with E-state index in [9.17, 15) is 22.8 Å². The van der Waals surface area contributed by atoms with Gasteiger partial charge in [-0.1, -0.05) is 18.6 Å². The van der Waals surface area contributed by atoms with E-state index >= 15 is 0 Å². The Kier molecular flexibility index (Phi) is 4.65. The van der Waals surface area contributed by atoms with Gasteiger partial charge in [-0.2, -0.15) is 13.2 Å². The summed E-state index contributed by atoms with van der Waals surface area (Å²) >= 11 is 0. The Bertz CT molecular complexity index is 528. The highest BCUT2D eigenvalue weighted by Gasteiger charge is 2.43. The van der Waals surface area contributed by atoms with Gasteiger partial charge in [0.15, 0.2) is 0 Å². The second-order valence-corrected chi connectivity index (χ2v) is 5.33. The van der Waals surface area contributed by atoms with Crippen LogP contribution in [0, 0.1) is 11.8 Å². The smallest absolute Gasteiger partial charge is 0.326 e. The van der Waals surface area contributed by atoms with Crippen LogP contribution in [0.5, 0.6) is 0 Å². The number of anilines is 1. The van der Waals surface area contributed by atoms with E-state index in [0.717, 1.165) is 0 Å². The van der Waals surface area contributed by atoms with E-state index in [-0.39, 0.29) is 12.8 Å². The number of hydrogen-bond donors (Lipinski definition) is 1. The highest BCUT2D eigenvalue weighted by molar-refractivity contribution is 5.93. The molecule has 21 heavy (non-hydrogen) atoms.